The third-order valence-electron chi connectivity index (χ3n) is 4.26. The molecule has 7 heteroatoms. The summed E-state index contributed by atoms with van der Waals surface area (Å²) < 4.78 is 41.7. The molecule has 1 unspecified atom stereocenters. The minimum atomic E-state index is -3.61. The molecule has 1 N–H and O–H groups in total. The number of sulfonamides is 1. The average molecular weight is 381 g/mol. The summed E-state index contributed by atoms with van der Waals surface area (Å²) in [5, 5.41) is 0.721. The maximum Gasteiger partial charge on any atom is 0.243 e. The quantitative estimate of drug-likeness (QED) is 0.835. The Kier molecular flexibility index (Phi) is 5.72. The predicted molar refractivity (Wildman–Crippen MR) is 102 cm³/mol. The number of hydrogen-bond donors (Lipinski definition) is 1. The van der Waals surface area contributed by atoms with Gasteiger partial charge in [-0.25, -0.2) is 13.1 Å². The summed E-state index contributed by atoms with van der Waals surface area (Å²) in [5.74, 6) is 0. The van der Waals surface area contributed by atoms with E-state index >= 15 is 0 Å². The van der Waals surface area contributed by atoms with Gasteiger partial charge in [0.25, 0.3) is 0 Å². The van der Waals surface area contributed by atoms with Gasteiger partial charge in [0.2, 0.25) is 10.0 Å². The van der Waals surface area contributed by atoms with Gasteiger partial charge in [0.1, 0.15) is 4.90 Å². The van der Waals surface area contributed by atoms with Gasteiger partial charge in [0.15, 0.2) is 6.29 Å². The van der Waals surface area contributed by atoms with Crippen LogP contribution in [0.15, 0.2) is 35.4 Å². The first-order valence-corrected chi connectivity index (χ1v) is 10.6. The number of nitrogens with zero attached hydrogens (tertiary/aromatic N) is 1. The Labute approximate surface area is 155 Å². The fourth-order valence-electron chi connectivity index (χ4n) is 3.20. The second-order valence-corrected chi connectivity index (χ2v) is 9.38. The standard InChI is InChI=1S/C19H28N2O4S/c1-19(2,3)20-26(22,23)17-14-21(16-9-5-4-8-15(16)17)11-13-25-18-10-6-7-12-24-18/h4-5,8-9,14,18,20H,6-7,10-13H2,1-3H3. The molecule has 0 aliphatic carbocycles. The molecule has 0 radical (unpaired) electrons. The Morgan fingerprint density at radius 3 is 2.73 bits per heavy atom. The van der Waals surface area contributed by atoms with Gasteiger partial charge in [-0.1, -0.05) is 18.2 Å². The predicted octanol–water partition coefficient (Wildman–Crippen LogP) is 3.26. The molecule has 1 atom stereocenters. The third-order valence-corrected chi connectivity index (χ3v) is 6.04. The van der Waals surface area contributed by atoms with Crippen LogP contribution in [0, 0.1) is 0 Å². The maximum absolute atomic E-state index is 12.8. The van der Waals surface area contributed by atoms with E-state index in [2.05, 4.69) is 4.72 Å². The first kappa shape index (κ1) is 19.4. The lowest BCUT2D eigenvalue weighted by molar-refractivity contribution is -0.163. The number of fused-ring (bicyclic) bond motifs is 1. The van der Waals surface area contributed by atoms with Gasteiger partial charge in [-0.2, -0.15) is 0 Å². The fraction of sp³-hybridized carbons (Fsp3) is 0.579. The topological polar surface area (TPSA) is 69.6 Å². The van der Waals surface area contributed by atoms with Crippen molar-refractivity contribution in [3.8, 4) is 0 Å². The zero-order valence-corrected chi connectivity index (χ0v) is 16.5. The van der Waals surface area contributed by atoms with Crippen LogP contribution in [0.1, 0.15) is 40.0 Å². The van der Waals surface area contributed by atoms with E-state index in [0.717, 1.165) is 36.8 Å². The summed E-state index contributed by atoms with van der Waals surface area (Å²) in [7, 11) is -3.61. The normalized spacial score (nSPS) is 19.1. The second kappa shape index (κ2) is 7.68. The number of para-hydroxylation sites is 1. The van der Waals surface area contributed by atoms with E-state index in [9.17, 15) is 8.42 Å². The van der Waals surface area contributed by atoms with Crippen molar-refractivity contribution in [2.75, 3.05) is 13.2 Å². The summed E-state index contributed by atoms with van der Waals surface area (Å²) in [5.41, 5.74) is 0.346. The van der Waals surface area contributed by atoms with Crippen LogP contribution in [0.4, 0.5) is 0 Å². The lowest BCUT2D eigenvalue weighted by Crippen LogP contribution is -2.40. The van der Waals surface area contributed by atoms with Crippen LogP contribution < -0.4 is 4.72 Å². The van der Waals surface area contributed by atoms with Gasteiger partial charge in [-0.3, -0.25) is 0 Å². The van der Waals surface area contributed by atoms with Crippen molar-refractivity contribution < 1.29 is 17.9 Å². The van der Waals surface area contributed by atoms with Gasteiger partial charge in [0, 0.05) is 35.8 Å². The monoisotopic (exact) mass is 380 g/mol. The molecule has 26 heavy (non-hydrogen) atoms. The van der Waals surface area contributed by atoms with Crippen molar-refractivity contribution in [3.05, 3.63) is 30.5 Å². The zero-order chi connectivity index (χ0) is 18.8. The SMILES string of the molecule is CC(C)(C)NS(=O)(=O)c1cn(CCOC2CCCCO2)c2ccccc12. The molecule has 0 saturated carbocycles. The van der Waals surface area contributed by atoms with Crippen LogP contribution >= 0.6 is 0 Å². The van der Waals surface area contributed by atoms with E-state index < -0.39 is 15.6 Å². The van der Waals surface area contributed by atoms with E-state index in [0.29, 0.717) is 18.0 Å². The molecule has 2 aromatic rings. The summed E-state index contributed by atoms with van der Waals surface area (Å²) in [4.78, 5) is 0.303. The minimum absolute atomic E-state index is 0.142. The molecule has 1 fully saturated rings. The van der Waals surface area contributed by atoms with E-state index in [-0.39, 0.29) is 6.29 Å². The maximum atomic E-state index is 12.8. The Hall–Kier alpha value is -1.41. The molecule has 0 amide bonds. The largest absolute Gasteiger partial charge is 0.353 e. The Balaban J connectivity index is 1.81. The average Bonchev–Trinajstić information content (AvgIpc) is 2.94. The van der Waals surface area contributed by atoms with Gasteiger partial charge >= 0.3 is 0 Å². The van der Waals surface area contributed by atoms with Crippen LogP contribution in [0.25, 0.3) is 10.9 Å². The number of nitrogens with one attached hydrogen (secondary N) is 1. The number of hydrogen-bond acceptors (Lipinski definition) is 4. The highest BCUT2D eigenvalue weighted by molar-refractivity contribution is 7.89. The second-order valence-electron chi connectivity index (χ2n) is 7.73. The molecule has 0 bridgehead atoms. The molecule has 1 aliphatic rings. The third kappa shape index (κ3) is 4.65. The number of benzene rings is 1. The molecule has 6 nitrogen and oxygen atoms in total. The molecule has 3 rings (SSSR count). The molecule has 1 aromatic carbocycles. The van der Waals surface area contributed by atoms with Crippen molar-refractivity contribution in [1.29, 1.82) is 0 Å². The highest BCUT2D eigenvalue weighted by atomic mass is 32.2. The molecule has 2 heterocycles. The van der Waals surface area contributed by atoms with Crippen LogP contribution in [-0.4, -0.2) is 38.0 Å². The summed E-state index contributed by atoms with van der Waals surface area (Å²) >= 11 is 0. The number of rotatable bonds is 6. The number of aromatic nitrogens is 1. The van der Waals surface area contributed by atoms with Crippen molar-refractivity contribution in [2.24, 2.45) is 0 Å². The Bertz CT molecular complexity index is 846. The molecule has 0 spiro atoms. The Morgan fingerprint density at radius 1 is 1.27 bits per heavy atom. The van der Waals surface area contributed by atoms with Gasteiger partial charge in [0.05, 0.1) is 6.61 Å². The molecule has 1 aromatic heterocycles. The molecule has 144 valence electrons. The fourth-order valence-corrected chi connectivity index (χ4v) is 4.84. The summed E-state index contributed by atoms with van der Waals surface area (Å²) in [6.07, 6.45) is 4.68. The van der Waals surface area contributed by atoms with Crippen LogP contribution in [-0.2, 0) is 26.0 Å². The van der Waals surface area contributed by atoms with Crippen molar-refractivity contribution in [1.82, 2.24) is 9.29 Å². The van der Waals surface area contributed by atoms with E-state index in [1.165, 1.54) is 0 Å². The molecule has 1 aliphatic heterocycles. The van der Waals surface area contributed by atoms with Gasteiger partial charge < -0.3 is 14.0 Å². The highest BCUT2D eigenvalue weighted by Gasteiger charge is 2.26. The lowest BCUT2D eigenvalue weighted by atomic mass is 10.1. The molecular weight excluding hydrogens is 352 g/mol. The van der Waals surface area contributed by atoms with E-state index in [1.54, 1.807) is 6.20 Å². The molecular formula is C19H28N2O4S. The lowest BCUT2D eigenvalue weighted by Gasteiger charge is -2.22. The van der Waals surface area contributed by atoms with Crippen molar-refractivity contribution in [3.63, 3.8) is 0 Å². The zero-order valence-electron chi connectivity index (χ0n) is 15.7. The van der Waals surface area contributed by atoms with Crippen LogP contribution in [0.2, 0.25) is 0 Å². The highest BCUT2D eigenvalue weighted by Crippen LogP contribution is 2.26. The first-order chi connectivity index (χ1) is 12.3. The van der Waals surface area contributed by atoms with Gasteiger partial charge in [-0.15, -0.1) is 0 Å². The van der Waals surface area contributed by atoms with Gasteiger partial charge in [-0.05, 0) is 46.1 Å². The first-order valence-electron chi connectivity index (χ1n) is 9.11. The van der Waals surface area contributed by atoms with Crippen LogP contribution in [0.3, 0.4) is 0 Å². The number of ether oxygens (including phenoxy) is 2. The van der Waals surface area contributed by atoms with E-state index in [1.807, 2.05) is 49.6 Å². The molecule has 1 saturated heterocycles. The Morgan fingerprint density at radius 2 is 2.04 bits per heavy atom. The van der Waals surface area contributed by atoms with Crippen molar-refractivity contribution >= 4 is 20.9 Å². The minimum Gasteiger partial charge on any atom is -0.353 e. The smallest absolute Gasteiger partial charge is 0.243 e. The summed E-state index contributed by atoms with van der Waals surface area (Å²) in [6, 6.07) is 7.55. The van der Waals surface area contributed by atoms with E-state index in [4.69, 9.17) is 9.47 Å². The van der Waals surface area contributed by atoms with Crippen LogP contribution in [0.5, 0.6) is 0 Å². The summed E-state index contributed by atoms with van der Waals surface area (Å²) in [6.45, 7) is 7.31. The van der Waals surface area contributed by atoms with Crippen molar-refractivity contribution in [2.45, 2.75) is 63.3 Å².